The maximum Gasteiger partial charge on any atom is 0.250 e. The van der Waals surface area contributed by atoms with Crippen LogP contribution in [-0.4, -0.2) is 51.5 Å². The summed E-state index contributed by atoms with van der Waals surface area (Å²) in [5.41, 5.74) is 0. The third-order valence-corrected chi connectivity index (χ3v) is 2.84. The number of ether oxygens (including phenoxy) is 2. The lowest BCUT2D eigenvalue weighted by Crippen LogP contribution is -2.51. The van der Waals surface area contributed by atoms with Gasteiger partial charge in [-0.15, -0.1) is 12.4 Å². The minimum Gasteiger partial charge on any atom is -0.383 e. The average Bonchev–Trinajstić information content (AvgIpc) is 2.37. The predicted molar refractivity (Wildman–Crippen MR) is 73.2 cm³/mol. The molecule has 0 aromatic carbocycles. The first kappa shape index (κ1) is 17.6. The first-order valence-electron chi connectivity index (χ1n) is 6.39. The molecular weight excluding hydrogens is 256 g/mol. The molecule has 0 radical (unpaired) electrons. The summed E-state index contributed by atoms with van der Waals surface area (Å²) in [7, 11) is 1.66. The van der Waals surface area contributed by atoms with Crippen LogP contribution in [0.2, 0.25) is 0 Å². The Kier molecular flexibility index (Phi) is 10.3. The summed E-state index contributed by atoms with van der Waals surface area (Å²) in [5, 5.41) is 6.14. The molecular formula is C12H25ClN2O3. The van der Waals surface area contributed by atoms with Crippen LogP contribution >= 0.6 is 12.4 Å². The van der Waals surface area contributed by atoms with Crippen LogP contribution in [0.4, 0.5) is 0 Å². The quantitative estimate of drug-likeness (QED) is 0.721. The predicted octanol–water partition coefficient (Wildman–Crippen LogP) is 0.718. The van der Waals surface area contributed by atoms with Crippen molar-refractivity contribution in [2.75, 3.05) is 33.4 Å². The van der Waals surface area contributed by atoms with Gasteiger partial charge in [0.05, 0.1) is 19.3 Å². The summed E-state index contributed by atoms with van der Waals surface area (Å²) in [6, 6.07) is 0.0953. The van der Waals surface area contributed by atoms with E-state index in [1.807, 2.05) is 0 Å². The highest BCUT2D eigenvalue weighted by Gasteiger charge is 2.23. The van der Waals surface area contributed by atoms with Crippen LogP contribution in [0.5, 0.6) is 0 Å². The van der Waals surface area contributed by atoms with E-state index in [1.165, 1.54) is 0 Å². The number of hydrogen-bond acceptors (Lipinski definition) is 4. The fourth-order valence-electron chi connectivity index (χ4n) is 1.88. The van der Waals surface area contributed by atoms with E-state index in [4.69, 9.17) is 9.47 Å². The monoisotopic (exact) mass is 280 g/mol. The lowest BCUT2D eigenvalue weighted by molar-refractivity contribution is -0.135. The fourth-order valence-corrected chi connectivity index (χ4v) is 1.88. The highest BCUT2D eigenvalue weighted by Crippen LogP contribution is 2.03. The number of carbonyl (C=O) groups excluding carboxylic acids is 1. The maximum absolute atomic E-state index is 11.9. The Bertz CT molecular complexity index is 223. The van der Waals surface area contributed by atoms with E-state index in [-0.39, 0.29) is 30.5 Å². The molecule has 2 atom stereocenters. The zero-order valence-electron chi connectivity index (χ0n) is 11.2. The highest BCUT2D eigenvalue weighted by molar-refractivity contribution is 5.85. The summed E-state index contributed by atoms with van der Waals surface area (Å²) < 4.78 is 10.5. The van der Waals surface area contributed by atoms with Crippen LogP contribution < -0.4 is 10.6 Å². The maximum atomic E-state index is 11.9. The van der Waals surface area contributed by atoms with Gasteiger partial charge in [-0.2, -0.15) is 0 Å². The summed E-state index contributed by atoms with van der Waals surface area (Å²) in [6.07, 6.45) is 2.82. The normalized spacial score (nSPS) is 20.9. The fraction of sp³-hybridized carbons (Fsp3) is 0.917. The van der Waals surface area contributed by atoms with Crippen LogP contribution in [-0.2, 0) is 14.3 Å². The molecule has 108 valence electrons. The van der Waals surface area contributed by atoms with E-state index < -0.39 is 0 Å². The van der Waals surface area contributed by atoms with Crippen molar-refractivity contribution in [3.05, 3.63) is 0 Å². The van der Waals surface area contributed by atoms with Crippen molar-refractivity contribution in [1.82, 2.24) is 10.6 Å². The van der Waals surface area contributed by atoms with Crippen LogP contribution in [0, 0.1) is 0 Å². The first-order chi connectivity index (χ1) is 8.27. The van der Waals surface area contributed by atoms with Gasteiger partial charge in [-0.3, -0.25) is 4.79 Å². The van der Waals surface area contributed by atoms with E-state index >= 15 is 0 Å². The number of rotatable bonds is 7. The standard InChI is InChI=1S/C12H24N2O3.ClH/c1-3-4-5-10(9-16-2)14-12(15)11-8-13-6-7-17-11;/h10-11,13H,3-9H2,1-2H3,(H,14,15);1H. The van der Waals surface area contributed by atoms with Crippen molar-refractivity contribution in [2.45, 2.75) is 38.3 Å². The molecule has 1 aliphatic rings. The van der Waals surface area contributed by atoms with Crippen LogP contribution in [0.15, 0.2) is 0 Å². The molecule has 1 rings (SSSR count). The second kappa shape index (κ2) is 10.6. The molecule has 1 aliphatic heterocycles. The van der Waals surface area contributed by atoms with Crippen molar-refractivity contribution in [1.29, 1.82) is 0 Å². The lowest BCUT2D eigenvalue weighted by Gasteiger charge is -2.25. The molecule has 0 spiro atoms. The molecule has 0 aliphatic carbocycles. The summed E-state index contributed by atoms with van der Waals surface area (Å²) in [4.78, 5) is 11.9. The molecule has 0 aromatic heterocycles. The average molecular weight is 281 g/mol. The Morgan fingerprint density at radius 3 is 2.94 bits per heavy atom. The van der Waals surface area contributed by atoms with Gasteiger partial charge < -0.3 is 20.1 Å². The van der Waals surface area contributed by atoms with Gasteiger partial charge in [0.15, 0.2) is 0 Å². The zero-order valence-corrected chi connectivity index (χ0v) is 12.1. The molecule has 2 N–H and O–H groups in total. The number of amides is 1. The molecule has 0 bridgehead atoms. The van der Waals surface area contributed by atoms with Crippen molar-refractivity contribution >= 4 is 18.3 Å². The molecule has 1 amide bonds. The van der Waals surface area contributed by atoms with Gasteiger partial charge in [0.25, 0.3) is 5.91 Å². The van der Waals surface area contributed by atoms with E-state index in [0.29, 0.717) is 19.8 Å². The SMILES string of the molecule is CCCCC(COC)NC(=O)C1CNCCO1.Cl. The number of halogens is 1. The third kappa shape index (κ3) is 6.54. The van der Waals surface area contributed by atoms with Gasteiger partial charge in [0.2, 0.25) is 0 Å². The molecule has 1 saturated heterocycles. The highest BCUT2D eigenvalue weighted by atomic mass is 35.5. The minimum absolute atomic E-state index is 0. The van der Waals surface area contributed by atoms with Crippen molar-refractivity contribution in [2.24, 2.45) is 0 Å². The first-order valence-corrected chi connectivity index (χ1v) is 6.39. The van der Waals surface area contributed by atoms with Gasteiger partial charge in [0.1, 0.15) is 6.10 Å². The Morgan fingerprint density at radius 1 is 1.61 bits per heavy atom. The molecule has 0 saturated carbocycles. The number of methoxy groups -OCH3 is 1. The minimum atomic E-state index is -0.357. The van der Waals surface area contributed by atoms with E-state index in [2.05, 4.69) is 17.6 Å². The second-order valence-corrected chi connectivity index (χ2v) is 4.37. The number of hydrogen-bond donors (Lipinski definition) is 2. The molecule has 18 heavy (non-hydrogen) atoms. The van der Waals surface area contributed by atoms with Gasteiger partial charge in [0, 0.05) is 20.2 Å². The zero-order chi connectivity index (χ0) is 12.5. The van der Waals surface area contributed by atoms with Crippen LogP contribution in [0.1, 0.15) is 26.2 Å². The van der Waals surface area contributed by atoms with Crippen molar-refractivity contribution in [3.63, 3.8) is 0 Å². The topological polar surface area (TPSA) is 59.6 Å². The number of unbranched alkanes of at least 4 members (excludes halogenated alkanes) is 1. The number of carbonyl (C=O) groups is 1. The molecule has 2 unspecified atom stereocenters. The molecule has 5 nitrogen and oxygen atoms in total. The Hall–Kier alpha value is -0.360. The Labute approximate surface area is 115 Å². The summed E-state index contributed by atoms with van der Waals surface area (Å²) >= 11 is 0. The number of morpholine rings is 1. The van der Waals surface area contributed by atoms with Crippen molar-refractivity contribution < 1.29 is 14.3 Å². The third-order valence-electron chi connectivity index (χ3n) is 2.84. The molecule has 1 heterocycles. The van der Waals surface area contributed by atoms with E-state index in [1.54, 1.807) is 7.11 Å². The van der Waals surface area contributed by atoms with E-state index in [9.17, 15) is 4.79 Å². The Balaban J connectivity index is 0.00000289. The van der Waals surface area contributed by atoms with Gasteiger partial charge in [-0.25, -0.2) is 0 Å². The van der Waals surface area contributed by atoms with Gasteiger partial charge in [-0.1, -0.05) is 19.8 Å². The van der Waals surface area contributed by atoms with Crippen LogP contribution in [0.25, 0.3) is 0 Å². The summed E-state index contributed by atoms with van der Waals surface area (Å²) in [6.45, 7) is 4.72. The van der Waals surface area contributed by atoms with Crippen LogP contribution in [0.3, 0.4) is 0 Å². The number of nitrogens with one attached hydrogen (secondary N) is 2. The second-order valence-electron chi connectivity index (χ2n) is 4.37. The van der Waals surface area contributed by atoms with Gasteiger partial charge >= 0.3 is 0 Å². The Morgan fingerprint density at radius 2 is 2.39 bits per heavy atom. The summed E-state index contributed by atoms with van der Waals surface area (Å²) in [5.74, 6) is -0.0321. The molecule has 1 fully saturated rings. The van der Waals surface area contributed by atoms with Gasteiger partial charge in [-0.05, 0) is 6.42 Å². The van der Waals surface area contributed by atoms with E-state index in [0.717, 1.165) is 25.8 Å². The molecule has 0 aromatic rings. The lowest BCUT2D eigenvalue weighted by atomic mass is 10.1. The molecule has 6 heteroatoms. The smallest absolute Gasteiger partial charge is 0.250 e. The van der Waals surface area contributed by atoms with Crippen molar-refractivity contribution in [3.8, 4) is 0 Å². The largest absolute Gasteiger partial charge is 0.383 e.